The van der Waals surface area contributed by atoms with Gasteiger partial charge < -0.3 is 4.74 Å². The molecule has 0 spiro atoms. The van der Waals surface area contributed by atoms with Gasteiger partial charge >= 0.3 is 0 Å². The van der Waals surface area contributed by atoms with Crippen molar-refractivity contribution < 1.29 is 13.9 Å². The fourth-order valence-electron chi connectivity index (χ4n) is 3.26. The molecular weight excluding hydrogens is 433 g/mol. The summed E-state index contributed by atoms with van der Waals surface area (Å²) in [5.41, 5.74) is 0.725. The van der Waals surface area contributed by atoms with E-state index in [1.807, 2.05) is 17.5 Å². The van der Waals surface area contributed by atoms with Gasteiger partial charge in [-0.3, -0.25) is 14.6 Å². The molecule has 1 amide bonds. The Kier molecular flexibility index (Phi) is 7.97. The summed E-state index contributed by atoms with van der Waals surface area (Å²) in [5.74, 6) is -0.254. The van der Waals surface area contributed by atoms with Gasteiger partial charge in [0.05, 0.1) is 29.9 Å². The Morgan fingerprint density at radius 3 is 2.86 bits per heavy atom. The van der Waals surface area contributed by atoms with Gasteiger partial charge in [-0.1, -0.05) is 17.4 Å². The van der Waals surface area contributed by atoms with Gasteiger partial charge in [-0.25, -0.2) is 9.37 Å². The highest BCUT2D eigenvalue weighted by Gasteiger charge is 2.21. The molecule has 3 heterocycles. The van der Waals surface area contributed by atoms with Crippen molar-refractivity contribution >= 4 is 56.3 Å². The van der Waals surface area contributed by atoms with Gasteiger partial charge in [-0.05, 0) is 36.1 Å². The first-order valence-corrected chi connectivity index (χ1v) is 11.1. The third-order valence-electron chi connectivity index (χ3n) is 4.74. The van der Waals surface area contributed by atoms with Crippen LogP contribution in [-0.2, 0) is 16.0 Å². The minimum absolute atomic E-state index is 0. The van der Waals surface area contributed by atoms with Gasteiger partial charge in [0.15, 0.2) is 5.13 Å². The summed E-state index contributed by atoms with van der Waals surface area (Å²) >= 11 is 2.95. The van der Waals surface area contributed by atoms with Crippen LogP contribution in [0.25, 0.3) is 10.2 Å². The molecule has 3 aromatic rings. The smallest absolute Gasteiger partial charge is 0.234 e. The second kappa shape index (κ2) is 10.4. The molecule has 0 unspecified atom stereocenters. The number of carbonyl (C=O) groups is 1. The molecule has 0 radical (unpaired) electrons. The van der Waals surface area contributed by atoms with E-state index < -0.39 is 0 Å². The van der Waals surface area contributed by atoms with Gasteiger partial charge in [-0.2, -0.15) is 0 Å². The predicted octanol–water partition coefficient (Wildman–Crippen LogP) is 4.22. The van der Waals surface area contributed by atoms with E-state index in [1.54, 1.807) is 22.3 Å². The number of thiazole rings is 1. The Balaban J connectivity index is 0.00000240. The average molecular weight is 456 g/mol. The minimum atomic E-state index is -0.286. The maximum Gasteiger partial charge on any atom is 0.234 e. The lowest BCUT2D eigenvalue weighted by Gasteiger charge is -2.27. The second-order valence-corrected chi connectivity index (χ2v) is 8.76. The standard InChI is InChI=1S/C20H22FN3O2S2.ClH/c21-15-4-5-17-18(13-15)28-20(22-17)24(19(25)14-16-3-1-12-27-16)7-2-6-23-8-10-26-11-9-23;/h1,3-5,12-13H,2,6-11,14H2;1H. The van der Waals surface area contributed by atoms with Crippen molar-refractivity contribution in [2.45, 2.75) is 12.8 Å². The number of amides is 1. The SMILES string of the molecule is Cl.O=C(Cc1cccs1)N(CCCN1CCOCC1)c1nc2ccc(F)cc2s1. The van der Waals surface area contributed by atoms with Crippen molar-refractivity contribution in [2.75, 3.05) is 44.3 Å². The van der Waals surface area contributed by atoms with E-state index in [2.05, 4.69) is 9.88 Å². The quantitative estimate of drug-likeness (QED) is 0.535. The molecule has 9 heteroatoms. The van der Waals surface area contributed by atoms with E-state index in [0.717, 1.165) is 54.4 Å². The lowest BCUT2D eigenvalue weighted by molar-refractivity contribution is -0.118. The van der Waals surface area contributed by atoms with Crippen LogP contribution in [0.2, 0.25) is 0 Å². The molecule has 156 valence electrons. The van der Waals surface area contributed by atoms with E-state index in [1.165, 1.54) is 23.5 Å². The molecule has 0 bridgehead atoms. The fraction of sp³-hybridized carbons (Fsp3) is 0.400. The summed E-state index contributed by atoms with van der Waals surface area (Å²) in [6, 6.07) is 8.48. The van der Waals surface area contributed by atoms with Crippen LogP contribution in [-0.4, -0.2) is 55.2 Å². The minimum Gasteiger partial charge on any atom is -0.379 e. The first kappa shape index (κ1) is 22.1. The van der Waals surface area contributed by atoms with Crippen molar-refractivity contribution in [1.29, 1.82) is 0 Å². The highest BCUT2D eigenvalue weighted by molar-refractivity contribution is 7.22. The second-order valence-electron chi connectivity index (χ2n) is 6.72. The van der Waals surface area contributed by atoms with Crippen molar-refractivity contribution in [3.8, 4) is 0 Å². The summed E-state index contributed by atoms with van der Waals surface area (Å²) in [5, 5.41) is 2.62. The molecule has 1 saturated heterocycles. The van der Waals surface area contributed by atoms with Crippen LogP contribution in [0.1, 0.15) is 11.3 Å². The number of fused-ring (bicyclic) bond motifs is 1. The van der Waals surface area contributed by atoms with Crippen LogP contribution in [0.5, 0.6) is 0 Å². The Bertz CT molecular complexity index is 929. The fourth-order valence-corrected chi connectivity index (χ4v) is 4.99. The Morgan fingerprint density at radius 1 is 1.28 bits per heavy atom. The van der Waals surface area contributed by atoms with Gasteiger partial charge in [0.25, 0.3) is 0 Å². The number of anilines is 1. The molecule has 0 saturated carbocycles. The van der Waals surface area contributed by atoms with Gasteiger partial charge in [0.2, 0.25) is 5.91 Å². The average Bonchev–Trinajstić information content (AvgIpc) is 3.35. The van der Waals surface area contributed by atoms with Crippen LogP contribution in [0.3, 0.4) is 0 Å². The van der Waals surface area contributed by atoms with E-state index >= 15 is 0 Å². The maximum atomic E-state index is 13.6. The van der Waals surface area contributed by atoms with E-state index in [9.17, 15) is 9.18 Å². The summed E-state index contributed by atoms with van der Waals surface area (Å²) in [7, 11) is 0. The summed E-state index contributed by atoms with van der Waals surface area (Å²) in [6.07, 6.45) is 1.22. The number of aromatic nitrogens is 1. The monoisotopic (exact) mass is 455 g/mol. The molecule has 5 nitrogen and oxygen atoms in total. The molecule has 1 aliphatic rings. The van der Waals surface area contributed by atoms with Crippen LogP contribution < -0.4 is 4.90 Å². The molecule has 0 aliphatic carbocycles. The highest BCUT2D eigenvalue weighted by Crippen LogP contribution is 2.30. The van der Waals surface area contributed by atoms with Crippen molar-refractivity contribution in [2.24, 2.45) is 0 Å². The Morgan fingerprint density at radius 2 is 2.10 bits per heavy atom. The number of morpholine rings is 1. The number of thiophene rings is 1. The number of carbonyl (C=O) groups excluding carboxylic acids is 1. The summed E-state index contributed by atoms with van der Waals surface area (Å²) in [6.45, 7) is 4.93. The van der Waals surface area contributed by atoms with E-state index in [4.69, 9.17) is 4.74 Å². The largest absolute Gasteiger partial charge is 0.379 e. The third kappa shape index (κ3) is 5.73. The zero-order chi connectivity index (χ0) is 19.3. The first-order chi connectivity index (χ1) is 13.7. The number of benzene rings is 1. The number of ether oxygens (including phenoxy) is 1. The van der Waals surface area contributed by atoms with E-state index in [0.29, 0.717) is 18.1 Å². The third-order valence-corrected chi connectivity index (χ3v) is 6.65. The molecule has 1 fully saturated rings. The van der Waals surface area contributed by atoms with Gasteiger partial charge in [0, 0.05) is 31.1 Å². The maximum absolute atomic E-state index is 13.6. The molecule has 4 rings (SSSR count). The highest BCUT2D eigenvalue weighted by atomic mass is 35.5. The predicted molar refractivity (Wildman–Crippen MR) is 119 cm³/mol. The number of hydrogen-bond acceptors (Lipinski definition) is 6. The van der Waals surface area contributed by atoms with E-state index in [-0.39, 0.29) is 24.1 Å². The van der Waals surface area contributed by atoms with Crippen LogP contribution in [0.4, 0.5) is 9.52 Å². The van der Waals surface area contributed by atoms with Crippen molar-refractivity contribution in [3.63, 3.8) is 0 Å². The number of nitrogens with zero attached hydrogens (tertiary/aromatic N) is 3. The first-order valence-electron chi connectivity index (χ1n) is 9.38. The Hall–Kier alpha value is -1.58. The number of hydrogen-bond donors (Lipinski definition) is 0. The molecule has 2 aromatic heterocycles. The Labute approximate surface area is 183 Å². The van der Waals surface area contributed by atoms with Crippen molar-refractivity contribution in [3.05, 3.63) is 46.4 Å². The van der Waals surface area contributed by atoms with Gasteiger partial charge in [0.1, 0.15) is 5.82 Å². The van der Waals surface area contributed by atoms with Crippen LogP contribution in [0, 0.1) is 5.82 Å². The summed E-state index contributed by atoms with van der Waals surface area (Å²) < 4.78 is 19.7. The molecule has 1 aliphatic heterocycles. The van der Waals surface area contributed by atoms with Crippen LogP contribution in [0.15, 0.2) is 35.7 Å². The molecule has 0 N–H and O–H groups in total. The normalized spacial score (nSPS) is 14.7. The lowest BCUT2D eigenvalue weighted by atomic mass is 10.3. The van der Waals surface area contributed by atoms with Crippen LogP contribution >= 0.6 is 35.1 Å². The molecular formula is C20H23ClFN3O2S2. The molecule has 29 heavy (non-hydrogen) atoms. The van der Waals surface area contributed by atoms with Crippen molar-refractivity contribution in [1.82, 2.24) is 9.88 Å². The zero-order valence-electron chi connectivity index (χ0n) is 15.9. The summed E-state index contributed by atoms with van der Waals surface area (Å²) in [4.78, 5) is 22.8. The molecule has 0 atom stereocenters. The number of halogens is 2. The zero-order valence-corrected chi connectivity index (χ0v) is 18.3. The molecule has 1 aromatic carbocycles. The lowest BCUT2D eigenvalue weighted by Crippen LogP contribution is -2.39. The van der Waals surface area contributed by atoms with Gasteiger partial charge in [-0.15, -0.1) is 23.7 Å². The topological polar surface area (TPSA) is 45.7 Å². The number of rotatable bonds is 7.